The number of carbonyl (C=O) groups excluding carboxylic acids is 2. The van der Waals surface area contributed by atoms with E-state index in [1.165, 1.54) is 6.92 Å². The first-order chi connectivity index (χ1) is 24.5. The van der Waals surface area contributed by atoms with Crippen molar-refractivity contribution in [3.8, 4) is 0 Å². The molecule has 3 aliphatic rings. The Morgan fingerprint density at radius 2 is 1.81 bits per heavy atom. The number of esters is 1. The molecule has 4 rings (SSSR count). The second-order valence-electron chi connectivity index (χ2n) is 15.8. The molecule has 1 unspecified atom stereocenters. The minimum atomic E-state index is -1.64. The molecule has 3 aliphatic heterocycles. The highest BCUT2D eigenvalue weighted by Crippen LogP contribution is 2.38. The van der Waals surface area contributed by atoms with Gasteiger partial charge in [0, 0.05) is 30.9 Å². The van der Waals surface area contributed by atoms with Crippen LogP contribution < -0.4 is 0 Å². The molecule has 1 aromatic heterocycles. The van der Waals surface area contributed by atoms with Gasteiger partial charge >= 0.3 is 5.97 Å². The lowest BCUT2D eigenvalue weighted by atomic mass is 9.78. The van der Waals surface area contributed by atoms with Crippen molar-refractivity contribution < 1.29 is 43.5 Å². The molecule has 12 nitrogen and oxygen atoms in total. The third kappa shape index (κ3) is 9.88. The van der Waals surface area contributed by atoms with E-state index in [1.807, 2.05) is 89.3 Å². The van der Waals surface area contributed by atoms with Crippen LogP contribution in [0.25, 0.3) is 6.08 Å². The summed E-state index contributed by atoms with van der Waals surface area (Å²) in [4.78, 5) is 36.7. The van der Waals surface area contributed by atoms with Crippen LogP contribution in [0, 0.1) is 17.8 Å². The minimum Gasteiger partial charge on any atom is -0.459 e. The zero-order valence-electron chi connectivity index (χ0n) is 32.8. The number of pyridine rings is 1. The second kappa shape index (κ2) is 18.1. The zero-order valence-corrected chi connectivity index (χ0v) is 32.8. The average molecular weight is 730 g/mol. The summed E-state index contributed by atoms with van der Waals surface area (Å²) in [5.74, 6) is -3.24. The molecule has 2 N–H and O–H groups in total. The average Bonchev–Trinajstić information content (AvgIpc) is 3.10. The van der Waals surface area contributed by atoms with E-state index in [0.717, 1.165) is 5.69 Å². The summed E-state index contributed by atoms with van der Waals surface area (Å²) in [6.45, 7) is 15.6. The molecule has 0 amide bonds. The highest BCUT2D eigenvalue weighted by atomic mass is 16.7. The molecule has 2 bridgehead atoms. The van der Waals surface area contributed by atoms with Crippen LogP contribution >= 0.6 is 0 Å². The Hall–Kier alpha value is -2.71. The topological polar surface area (TPSA) is 140 Å². The zero-order chi connectivity index (χ0) is 38.4. The highest BCUT2D eigenvalue weighted by Gasteiger charge is 2.51. The fraction of sp³-hybridized carbons (Fsp3) is 0.725. The Morgan fingerprint density at radius 3 is 2.46 bits per heavy atom. The molecule has 0 spiro atoms. The number of rotatable bonds is 6. The summed E-state index contributed by atoms with van der Waals surface area (Å²) in [5, 5.41) is 23.8. The van der Waals surface area contributed by atoms with Crippen LogP contribution in [0.3, 0.4) is 0 Å². The molecular formula is C40H63N3O9. The van der Waals surface area contributed by atoms with Crippen LogP contribution in [-0.4, -0.2) is 131 Å². The number of fused-ring (bicyclic) bond motifs is 6. The van der Waals surface area contributed by atoms with Gasteiger partial charge in [0.2, 0.25) is 0 Å². The Kier molecular flexibility index (Phi) is 14.6. The van der Waals surface area contributed by atoms with E-state index in [1.54, 1.807) is 20.0 Å². The van der Waals surface area contributed by atoms with Crippen LogP contribution in [0.1, 0.15) is 80.3 Å². The van der Waals surface area contributed by atoms with Gasteiger partial charge in [-0.1, -0.05) is 39.0 Å². The highest BCUT2D eigenvalue weighted by molar-refractivity contribution is 6.00. The molecule has 12 heteroatoms. The van der Waals surface area contributed by atoms with Crippen molar-refractivity contribution in [2.24, 2.45) is 17.8 Å². The SMILES string of the molecule is CC[C@H]1OC(=O)C(C)C(=O)[C@H](C)[C@@H](O[C@@H]2O[C@H](C)C[C@H](N(C)C)[C@H]2O)[C@@]2(C)C[C@@H](C)CN(/C=C/c3ccccn3)[C@H](C)[C@@H](OC/C=C\CO2)[C@]1(C)O. The molecule has 4 heterocycles. The van der Waals surface area contributed by atoms with Gasteiger partial charge in [-0.15, -0.1) is 0 Å². The lowest BCUT2D eigenvalue weighted by Gasteiger charge is -2.47. The summed E-state index contributed by atoms with van der Waals surface area (Å²) in [6.07, 6.45) is 5.67. The Labute approximate surface area is 310 Å². The van der Waals surface area contributed by atoms with E-state index in [9.17, 15) is 19.8 Å². The Morgan fingerprint density at radius 1 is 1.10 bits per heavy atom. The third-order valence-corrected chi connectivity index (χ3v) is 11.1. The maximum absolute atomic E-state index is 14.3. The van der Waals surface area contributed by atoms with Crippen molar-refractivity contribution in [3.63, 3.8) is 0 Å². The third-order valence-electron chi connectivity index (χ3n) is 11.1. The van der Waals surface area contributed by atoms with Gasteiger partial charge < -0.3 is 43.7 Å². The van der Waals surface area contributed by atoms with Crippen LogP contribution in [-0.2, 0) is 33.3 Å². The number of Topliss-reactive ketones (excluding diaryl/α,β-unsaturated/α-hetero) is 1. The molecule has 13 atom stereocenters. The monoisotopic (exact) mass is 729 g/mol. The largest absolute Gasteiger partial charge is 0.459 e. The fourth-order valence-electron chi connectivity index (χ4n) is 8.18. The summed E-state index contributed by atoms with van der Waals surface area (Å²) in [6, 6.07) is 5.05. The number of aliphatic hydroxyl groups is 2. The van der Waals surface area contributed by atoms with Gasteiger partial charge in [-0.3, -0.25) is 14.6 Å². The summed E-state index contributed by atoms with van der Waals surface area (Å²) in [5.41, 5.74) is -1.97. The number of hydrogen-bond donors (Lipinski definition) is 2. The number of carbonyl (C=O) groups is 2. The van der Waals surface area contributed by atoms with Crippen molar-refractivity contribution in [2.45, 2.75) is 135 Å². The normalized spacial score (nSPS) is 41.0. The van der Waals surface area contributed by atoms with Gasteiger partial charge in [0.15, 0.2) is 12.1 Å². The van der Waals surface area contributed by atoms with Crippen LogP contribution in [0.4, 0.5) is 0 Å². The molecule has 0 aliphatic carbocycles. The van der Waals surface area contributed by atoms with E-state index in [0.29, 0.717) is 19.4 Å². The van der Waals surface area contributed by atoms with Crippen molar-refractivity contribution in [3.05, 3.63) is 48.4 Å². The molecule has 292 valence electrons. The number of ketones is 1. The lowest BCUT2D eigenvalue weighted by Crippen LogP contribution is -2.60. The summed E-state index contributed by atoms with van der Waals surface area (Å²) in [7, 11) is 3.81. The molecule has 0 saturated carbocycles. The molecule has 0 radical (unpaired) electrons. The number of cyclic esters (lactones) is 1. The van der Waals surface area contributed by atoms with E-state index in [2.05, 4.69) is 16.8 Å². The maximum Gasteiger partial charge on any atom is 0.316 e. The van der Waals surface area contributed by atoms with E-state index in [4.69, 9.17) is 23.7 Å². The maximum atomic E-state index is 14.3. The second-order valence-corrected chi connectivity index (χ2v) is 15.8. The summed E-state index contributed by atoms with van der Waals surface area (Å²) >= 11 is 0. The van der Waals surface area contributed by atoms with Crippen LogP contribution in [0.15, 0.2) is 42.7 Å². The standard InChI is InChI=1S/C40H63N3O9/c1-11-32-40(8,47)36-29(6)43(19-17-30-16-12-13-18-41-30)24-25(2)23-39(7,49-21-15-14-20-48-36)35(27(4)33(44)28(5)37(46)51-32)52-38-34(45)31(42(9)10)22-26(3)50-38/h12-19,25-29,31-32,34-36,38,45,47H,11,20-24H2,1-10H3/b15-14-,19-17+/t25-,26-,27+,28?,29-,31+,32-,34-,35-,36-,38+,39-,40-/m1/s1. The Bertz CT molecular complexity index is 1370. The van der Waals surface area contributed by atoms with Crippen molar-refractivity contribution in [1.82, 2.24) is 14.8 Å². The van der Waals surface area contributed by atoms with Crippen molar-refractivity contribution in [2.75, 3.05) is 33.9 Å². The van der Waals surface area contributed by atoms with E-state index in [-0.39, 0.29) is 37.7 Å². The predicted molar refractivity (Wildman–Crippen MR) is 198 cm³/mol. The molecule has 1 aromatic rings. The van der Waals surface area contributed by atoms with Gasteiger partial charge in [0.25, 0.3) is 0 Å². The molecule has 2 saturated heterocycles. The van der Waals surface area contributed by atoms with Gasteiger partial charge in [0.05, 0.1) is 42.8 Å². The van der Waals surface area contributed by atoms with Gasteiger partial charge in [-0.2, -0.15) is 0 Å². The van der Waals surface area contributed by atoms with Gasteiger partial charge in [-0.05, 0) is 92.1 Å². The van der Waals surface area contributed by atoms with Gasteiger partial charge in [0.1, 0.15) is 29.8 Å². The van der Waals surface area contributed by atoms with Crippen molar-refractivity contribution in [1.29, 1.82) is 0 Å². The van der Waals surface area contributed by atoms with E-state index < -0.39 is 71.5 Å². The Balaban J connectivity index is 1.88. The molecule has 0 aromatic carbocycles. The van der Waals surface area contributed by atoms with E-state index >= 15 is 0 Å². The number of likely N-dealkylation sites (N-methyl/N-ethyl adjacent to an activating group) is 1. The quantitative estimate of drug-likeness (QED) is 0.246. The fourth-order valence-corrected chi connectivity index (χ4v) is 8.18. The molecule has 2 fully saturated rings. The first-order valence-electron chi connectivity index (χ1n) is 18.9. The van der Waals surface area contributed by atoms with Crippen molar-refractivity contribution >= 4 is 17.8 Å². The predicted octanol–water partition coefficient (Wildman–Crippen LogP) is 4.24. The lowest BCUT2D eigenvalue weighted by molar-refractivity contribution is -0.297. The smallest absolute Gasteiger partial charge is 0.316 e. The number of nitrogens with zero attached hydrogens (tertiary/aromatic N) is 3. The first-order valence-corrected chi connectivity index (χ1v) is 18.9. The number of aromatic nitrogens is 1. The first kappa shape index (κ1) is 42.0. The number of hydrogen-bond acceptors (Lipinski definition) is 12. The van der Waals surface area contributed by atoms with Crippen LogP contribution in [0.5, 0.6) is 0 Å². The number of aliphatic hydroxyl groups excluding tert-OH is 1. The summed E-state index contributed by atoms with van der Waals surface area (Å²) < 4.78 is 32.2. The van der Waals surface area contributed by atoms with Crippen LogP contribution in [0.2, 0.25) is 0 Å². The number of ether oxygens (including phenoxy) is 5. The molecule has 52 heavy (non-hydrogen) atoms. The molecular weight excluding hydrogens is 666 g/mol. The van der Waals surface area contributed by atoms with Gasteiger partial charge in [-0.25, -0.2) is 0 Å². The minimum absolute atomic E-state index is 0.0578.